The second-order valence-corrected chi connectivity index (χ2v) is 4.19. The predicted molar refractivity (Wildman–Crippen MR) is 72.7 cm³/mol. The molecule has 0 unspecified atom stereocenters. The third-order valence-electron chi connectivity index (χ3n) is 3.01. The average Bonchev–Trinajstić information content (AvgIpc) is 2.77. The van der Waals surface area contributed by atoms with Crippen LogP contribution in [0.5, 0.6) is 5.75 Å². The molecule has 3 nitrogen and oxygen atoms in total. The number of carbonyl (C=O) groups excluding carboxylic acids is 1. The second-order valence-electron chi connectivity index (χ2n) is 4.19. The molecule has 94 valence electrons. The summed E-state index contributed by atoms with van der Waals surface area (Å²) in [4.78, 5) is 11.8. The van der Waals surface area contributed by atoms with Gasteiger partial charge in [-0.05, 0) is 23.8 Å². The summed E-state index contributed by atoms with van der Waals surface area (Å²) < 4.78 is 10.6. The second kappa shape index (κ2) is 4.61. The number of benzene rings is 2. The number of hydrogen-bond donors (Lipinski definition) is 0. The van der Waals surface area contributed by atoms with Crippen LogP contribution in [-0.4, -0.2) is 13.1 Å². The van der Waals surface area contributed by atoms with E-state index in [1.165, 1.54) is 0 Å². The Hall–Kier alpha value is -2.55. The Morgan fingerprint density at radius 3 is 2.58 bits per heavy atom. The Labute approximate surface area is 111 Å². The Morgan fingerprint density at radius 2 is 1.84 bits per heavy atom. The Balaban J connectivity index is 2.14. The minimum Gasteiger partial charge on any atom is -0.496 e. The molecule has 0 fully saturated rings. The predicted octanol–water partition coefficient (Wildman–Crippen LogP) is 3.36. The van der Waals surface area contributed by atoms with Gasteiger partial charge in [0.25, 0.3) is 0 Å². The molecule has 1 heterocycles. The fourth-order valence-corrected chi connectivity index (χ4v) is 2.13. The maximum Gasteiger partial charge on any atom is 0.344 e. The molecule has 3 heteroatoms. The zero-order valence-electron chi connectivity index (χ0n) is 10.4. The summed E-state index contributed by atoms with van der Waals surface area (Å²) in [5, 5.41) is 0. The molecular weight excluding hydrogens is 240 g/mol. The summed E-state index contributed by atoms with van der Waals surface area (Å²) in [5.41, 5.74) is 2.24. The van der Waals surface area contributed by atoms with Crippen LogP contribution < -0.4 is 4.74 Å². The largest absolute Gasteiger partial charge is 0.496 e. The van der Waals surface area contributed by atoms with Crippen molar-refractivity contribution < 1.29 is 14.3 Å². The lowest BCUT2D eigenvalue weighted by molar-refractivity contribution is 0.0717. The highest BCUT2D eigenvalue weighted by Gasteiger charge is 2.29. The molecule has 0 aliphatic carbocycles. The molecule has 0 amide bonds. The van der Waals surface area contributed by atoms with Crippen LogP contribution in [0.25, 0.3) is 11.8 Å². The van der Waals surface area contributed by atoms with Crippen molar-refractivity contribution >= 4 is 17.8 Å². The van der Waals surface area contributed by atoms with Crippen LogP contribution in [0.4, 0.5) is 0 Å². The van der Waals surface area contributed by atoms with Crippen molar-refractivity contribution in [3.63, 3.8) is 0 Å². The van der Waals surface area contributed by atoms with Crippen molar-refractivity contribution in [2.24, 2.45) is 0 Å². The van der Waals surface area contributed by atoms with Gasteiger partial charge >= 0.3 is 5.97 Å². The molecule has 0 atom stereocenters. The molecule has 2 aromatic rings. The Morgan fingerprint density at radius 1 is 1.05 bits per heavy atom. The summed E-state index contributed by atoms with van der Waals surface area (Å²) in [6, 6.07) is 15.1. The summed E-state index contributed by atoms with van der Waals surface area (Å²) in [7, 11) is 1.58. The maximum absolute atomic E-state index is 11.8. The monoisotopic (exact) mass is 252 g/mol. The minimum atomic E-state index is -0.337. The zero-order valence-corrected chi connectivity index (χ0v) is 10.4. The lowest BCUT2D eigenvalue weighted by Gasteiger charge is -2.05. The van der Waals surface area contributed by atoms with Crippen LogP contribution >= 0.6 is 0 Å². The van der Waals surface area contributed by atoms with E-state index in [1.807, 2.05) is 42.5 Å². The molecule has 2 aromatic carbocycles. The number of rotatable bonds is 2. The van der Waals surface area contributed by atoms with Crippen LogP contribution in [0.15, 0.2) is 48.5 Å². The fourth-order valence-electron chi connectivity index (χ4n) is 2.13. The highest BCUT2D eigenvalue weighted by atomic mass is 16.5. The van der Waals surface area contributed by atoms with E-state index >= 15 is 0 Å². The average molecular weight is 252 g/mol. The first-order chi connectivity index (χ1) is 9.29. The minimum absolute atomic E-state index is 0.337. The molecule has 3 rings (SSSR count). The van der Waals surface area contributed by atoms with Crippen LogP contribution in [0.1, 0.15) is 21.5 Å². The van der Waals surface area contributed by atoms with Gasteiger partial charge in [-0.15, -0.1) is 0 Å². The van der Waals surface area contributed by atoms with Gasteiger partial charge in [0.1, 0.15) is 11.5 Å². The van der Waals surface area contributed by atoms with E-state index in [1.54, 1.807) is 19.2 Å². The van der Waals surface area contributed by atoms with Gasteiger partial charge in [0.05, 0.1) is 18.2 Å². The number of cyclic esters (lactones) is 1. The number of carbonyl (C=O) groups is 1. The summed E-state index contributed by atoms with van der Waals surface area (Å²) >= 11 is 0. The van der Waals surface area contributed by atoms with E-state index < -0.39 is 0 Å². The first kappa shape index (κ1) is 11.5. The lowest BCUT2D eigenvalue weighted by atomic mass is 10.1. The van der Waals surface area contributed by atoms with Crippen molar-refractivity contribution in [3.8, 4) is 5.75 Å². The standard InChI is InChI=1S/C16H12O3/c1-18-13-9-5-8-12-15(13)14(19-16(12)17)10-11-6-3-2-4-7-11/h2-10H,1H3. The Bertz CT molecular complexity index is 657. The number of hydrogen-bond acceptors (Lipinski definition) is 3. The van der Waals surface area contributed by atoms with Crippen molar-refractivity contribution in [3.05, 3.63) is 65.2 Å². The van der Waals surface area contributed by atoms with Crippen molar-refractivity contribution in [1.82, 2.24) is 0 Å². The topological polar surface area (TPSA) is 35.5 Å². The van der Waals surface area contributed by atoms with Crippen LogP contribution in [0.2, 0.25) is 0 Å². The molecule has 0 saturated carbocycles. The van der Waals surface area contributed by atoms with Gasteiger partial charge in [-0.25, -0.2) is 4.79 Å². The summed E-state index contributed by atoms with van der Waals surface area (Å²) in [5.74, 6) is 0.838. The van der Waals surface area contributed by atoms with E-state index in [2.05, 4.69) is 0 Å². The molecule has 19 heavy (non-hydrogen) atoms. The SMILES string of the molecule is COc1cccc2c1C(=Cc1ccccc1)OC2=O. The smallest absolute Gasteiger partial charge is 0.344 e. The van der Waals surface area contributed by atoms with E-state index in [0.29, 0.717) is 17.1 Å². The molecule has 0 aromatic heterocycles. The molecule has 1 aliphatic heterocycles. The fraction of sp³-hybridized carbons (Fsp3) is 0.0625. The van der Waals surface area contributed by atoms with Gasteiger partial charge in [-0.2, -0.15) is 0 Å². The number of methoxy groups -OCH3 is 1. The van der Waals surface area contributed by atoms with Gasteiger partial charge < -0.3 is 9.47 Å². The summed E-state index contributed by atoms with van der Waals surface area (Å²) in [6.07, 6.45) is 1.84. The summed E-state index contributed by atoms with van der Waals surface area (Å²) in [6.45, 7) is 0. The van der Waals surface area contributed by atoms with Crippen LogP contribution in [0.3, 0.4) is 0 Å². The maximum atomic E-state index is 11.8. The normalized spacial score (nSPS) is 15.2. The van der Waals surface area contributed by atoms with Crippen molar-refractivity contribution in [1.29, 1.82) is 0 Å². The zero-order chi connectivity index (χ0) is 13.2. The van der Waals surface area contributed by atoms with Gasteiger partial charge in [0.2, 0.25) is 0 Å². The van der Waals surface area contributed by atoms with E-state index in [9.17, 15) is 4.79 Å². The van der Waals surface area contributed by atoms with E-state index in [-0.39, 0.29) is 5.97 Å². The third kappa shape index (κ3) is 1.99. The quantitative estimate of drug-likeness (QED) is 0.769. The van der Waals surface area contributed by atoms with Crippen molar-refractivity contribution in [2.75, 3.05) is 7.11 Å². The van der Waals surface area contributed by atoms with E-state index in [0.717, 1.165) is 11.1 Å². The molecule has 0 N–H and O–H groups in total. The third-order valence-corrected chi connectivity index (χ3v) is 3.01. The molecule has 0 bridgehead atoms. The highest BCUT2D eigenvalue weighted by Crippen LogP contribution is 2.37. The lowest BCUT2D eigenvalue weighted by Crippen LogP contribution is -1.93. The Kier molecular flexibility index (Phi) is 2.80. The van der Waals surface area contributed by atoms with Gasteiger partial charge in [0.15, 0.2) is 0 Å². The van der Waals surface area contributed by atoms with Gasteiger partial charge in [-0.1, -0.05) is 36.4 Å². The molecule has 0 radical (unpaired) electrons. The number of ether oxygens (including phenoxy) is 2. The molecule has 1 aliphatic rings. The van der Waals surface area contributed by atoms with Crippen molar-refractivity contribution in [2.45, 2.75) is 0 Å². The number of esters is 1. The van der Waals surface area contributed by atoms with Gasteiger partial charge in [-0.3, -0.25) is 0 Å². The van der Waals surface area contributed by atoms with E-state index in [4.69, 9.17) is 9.47 Å². The van der Waals surface area contributed by atoms with Crippen LogP contribution in [0, 0.1) is 0 Å². The molecule has 0 spiro atoms. The van der Waals surface area contributed by atoms with Crippen LogP contribution in [-0.2, 0) is 4.74 Å². The first-order valence-corrected chi connectivity index (χ1v) is 5.96. The number of fused-ring (bicyclic) bond motifs is 1. The molecule has 0 saturated heterocycles. The van der Waals surface area contributed by atoms with Gasteiger partial charge in [0, 0.05) is 0 Å². The highest BCUT2D eigenvalue weighted by molar-refractivity contribution is 6.07. The first-order valence-electron chi connectivity index (χ1n) is 5.96. The molecular formula is C16H12O3.